The van der Waals surface area contributed by atoms with Crippen LogP contribution in [0.4, 0.5) is 10.1 Å². The van der Waals surface area contributed by atoms with Gasteiger partial charge in [-0.3, -0.25) is 9.59 Å². The molecule has 1 heterocycles. The van der Waals surface area contributed by atoms with Crippen molar-refractivity contribution >= 4 is 33.4 Å². The highest BCUT2D eigenvalue weighted by Crippen LogP contribution is 2.23. The van der Waals surface area contributed by atoms with Gasteiger partial charge < -0.3 is 14.6 Å². The Morgan fingerprint density at radius 2 is 1.79 bits per heavy atom. The van der Waals surface area contributed by atoms with E-state index in [1.54, 1.807) is 60.0 Å². The molecule has 0 radical (unpaired) electrons. The number of pyridine rings is 1. The number of hydrogen-bond donors (Lipinski definition) is 1. The van der Waals surface area contributed by atoms with Crippen LogP contribution in [0.25, 0.3) is 21.8 Å². The SMILES string of the molecule is COc1ccc2c(c1)c(=O)c1ccccc1n2CC(=O)Nc1ccc(C)c(F)c1. The number of hydrogen-bond acceptors (Lipinski definition) is 3. The number of benzene rings is 3. The third-order valence-corrected chi connectivity index (χ3v) is 4.94. The molecule has 0 aliphatic carbocycles. The number of ether oxygens (including phenoxy) is 1. The quantitative estimate of drug-likeness (QED) is 0.530. The number of carbonyl (C=O) groups is 1. The minimum atomic E-state index is -0.380. The Morgan fingerprint density at radius 1 is 1.03 bits per heavy atom. The summed E-state index contributed by atoms with van der Waals surface area (Å²) in [5, 5.41) is 3.71. The second-order valence-electron chi connectivity index (χ2n) is 6.83. The molecule has 1 aromatic heterocycles. The first-order chi connectivity index (χ1) is 14.0. The number of amides is 1. The van der Waals surface area contributed by atoms with Crippen molar-refractivity contribution in [2.75, 3.05) is 12.4 Å². The number of halogens is 1. The molecule has 4 aromatic rings. The lowest BCUT2D eigenvalue weighted by atomic mass is 10.1. The monoisotopic (exact) mass is 390 g/mol. The summed E-state index contributed by atoms with van der Waals surface area (Å²) in [5.74, 6) is -0.135. The summed E-state index contributed by atoms with van der Waals surface area (Å²) in [4.78, 5) is 25.7. The zero-order valence-corrected chi connectivity index (χ0v) is 16.0. The summed E-state index contributed by atoms with van der Waals surface area (Å²) < 4.78 is 20.8. The number of methoxy groups -OCH3 is 1. The third kappa shape index (κ3) is 3.45. The zero-order chi connectivity index (χ0) is 20.5. The number of aryl methyl sites for hydroxylation is 1. The molecule has 5 nitrogen and oxygen atoms in total. The number of aromatic nitrogens is 1. The summed E-state index contributed by atoms with van der Waals surface area (Å²) in [6.07, 6.45) is 0. The Hall–Kier alpha value is -3.67. The van der Waals surface area contributed by atoms with Gasteiger partial charge in [-0.25, -0.2) is 4.39 Å². The van der Waals surface area contributed by atoms with Gasteiger partial charge in [-0.2, -0.15) is 0 Å². The fourth-order valence-corrected chi connectivity index (χ4v) is 3.42. The first-order valence-corrected chi connectivity index (χ1v) is 9.13. The van der Waals surface area contributed by atoms with Crippen LogP contribution in [-0.4, -0.2) is 17.6 Å². The number of nitrogens with one attached hydrogen (secondary N) is 1. The summed E-state index contributed by atoms with van der Waals surface area (Å²) in [6.45, 7) is 1.63. The van der Waals surface area contributed by atoms with Crippen molar-refractivity contribution in [2.45, 2.75) is 13.5 Å². The lowest BCUT2D eigenvalue weighted by Crippen LogP contribution is -2.21. The van der Waals surface area contributed by atoms with Crippen LogP contribution in [0.2, 0.25) is 0 Å². The van der Waals surface area contributed by atoms with Crippen LogP contribution in [0.15, 0.2) is 65.5 Å². The second-order valence-corrected chi connectivity index (χ2v) is 6.83. The van der Waals surface area contributed by atoms with Crippen molar-refractivity contribution in [2.24, 2.45) is 0 Å². The average molecular weight is 390 g/mol. The summed E-state index contributed by atoms with van der Waals surface area (Å²) in [5.41, 5.74) is 2.05. The molecule has 0 atom stereocenters. The van der Waals surface area contributed by atoms with E-state index >= 15 is 0 Å². The van der Waals surface area contributed by atoms with Crippen LogP contribution in [0.3, 0.4) is 0 Å². The average Bonchev–Trinajstić information content (AvgIpc) is 2.73. The standard InChI is InChI=1S/C23H19FN2O3/c1-14-7-8-15(11-19(14)24)25-22(27)13-26-20-6-4-3-5-17(20)23(28)18-12-16(29-2)9-10-21(18)26/h3-12H,13H2,1-2H3,(H,25,27). The van der Waals surface area contributed by atoms with Crippen LogP contribution >= 0.6 is 0 Å². The van der Waals surface area contributed by atoms with E-state index < -0.39 is 0 Å². The number of carbonyl (C=O) groups excluding carboxylic acids is 1. The molecule has 0 fully saturated rings. The maximum atomic E-state index is 13.8. The largest absolute Gasteiger partial charge is 0.497 e. The van der Waals surface area contributed by atoms with Crippen molar-refractivity contribution in [1.82, 2.24) is 4.57 Å². The molecule has 1 N–H and O–H groups in total. The normalized spacial score (nSPS) is 11.0. The second kappa shape index (κ2) is 7.39. The zero-order valence-electron chi connectivity index (χ0n) is 16.0. The van der Waals surface area contributed by atoms with E-state index in [0.29, 0.717) is 38.8 Å². The van der Waals surface area contributed by atoms with Gasteiger partial charge in [-0.1, -0.05) is 18.2 Å². The molecule has 0 bridgehead atoms. The topological polar surface area (TPSA) is 60.3 Å². The van der Waals surface area contributed by atoms with Crippen molar-refractivity contribution in [1.29, 1.82) is 0 Å². The van der Waals surface area contributed by atoms with Gasteiger partial charge in [0.05, 0.1) is 18.1 Å². The van der Waals surface area contributed by atoms with Gasteiger partial charge in [-0.15, -0.1) is 0 Å². The van der Waals surface area contributed by atoms with Crippen LogP contribution in [0.1, 0.15) is 5.56 Å². The van der Waals surface area contributed by atoms with Gasteiger partial charge in [0.1, 0.15) is 18.1 Å². The van der Waals surface area contributed by atoms with Crippen molar-refractivity contribution in [3.8, 4) is 5.75 Å². The predicted octanol–water partition coefficient (Wildman–Crippen LogP) is 4.25. The molecule has 0 aliphatic rings. The first kappa shape index (κ1) is 18.7. The number of rotatable bonds is 4. The Kier molecular flexibility index (Phi) is 4.76. The number of nitrogens with zero attached hydrogens (tertiary/aromatic N) is 1. The molecule has 4 rings (SSSR count). The third-order valence-electron chi connectivity index (χ3n) is 4.94. The minimum Gasteiger partial charge on any atom is -0.497 e. The molecule has 3 aromatic carbocycles. The minimum absolute atomic E-state index is 0.0287. The highest BCUT2D eigenvalue weighted by Gasteiger charge is 2.14. The van der Waals surface area contributed by atoms with E-state index in [1.807, 2.05) is 6.07 Å². The molecular weight excluding hydrogens is 371 g/mol. The fraction of sp³-hybridized carbons (Fsp3) is 0.130. The van der Waals surface area contributed by atoms with E-state index in [1.165, 1.54) is 13.2 Å². The van der Waals surface area contributed by atoms with E-state index in [4.69, 9.17) is 4.74 Å². The highest BCUT2D eigenvalue weighted by molar-refractivity contribution is 5.97. The van der Waals surface area contributed by atoms with Crippen LogP contribution in [0.5, 0.6) is 5.75 Å². The van der Waals surface area contributed by atoms with Gasteiger partial charge in [0.15, 0.2) is 5.43 Å². The van der Waals surface area contributed by atoms with Crippen LogP contribution < -0.4 is 15.5 Å². The maximum absolute atomic E-state index is 13.8. The molecule has 6 heteroatoms. The summed E-state index contributed by atoms with van der Waals surface area (Å²) in [6, 6.07) is 16.9. The molecule has 0 spiro atoms. The molecule has 0 saturated carbocycles. The lowest BCUT2D eigenvalue weighted by Gasteiger charge is -2.16. The Labute approximate surface area is 166 Å². The van der Waals surface area contributed by atoms with Crippen LogP contribution in [0, 0.1) is 12.7 Å². The van der Waals surface area contributed by atoms with E-state index in [2.05, 4.69) is 5.32 Å². The molecule has 0 saturated heterocycles. The Balaban J connectivity index is 1.80. The number of fused-ring (bicyclic) bond motifs is 2. The maximum Gasteiger partial charge on any atom is 0.244 e. The highest BCUT2D eigenvalue weighted by atomic mass is 19.1. The number of anilines is 1. The molecule has 0 aliphatic heterocycles. The van der Waals surface area contributed by atoms with Gasteiger partial charge in [0.25, 0.3) is 0 Å². The van der Waals surface area contributed by atoms with E-state index in [-0.39, 0.29) is 23.7 Å². The molecule has 1 amide bonds. The summed E-state index contributed by atoms with van der Waals surface area (Å²) in [7, 11) is 1.54. The van der Waals surface area contributed by atoms with Crippen molar-refractivity contribution < 1.29 is 13.9 Å². The molecule has 146 valence electrons. The fourth-order valence-electron chi connectivity index (χ4n) is 3.42. The molecule has 29 heavy (non-hydrogen) atoms. The number of para-hydroxylation sites is 1. The lowest BCUT2D eigenvalue weighted by molar-refractivity contribution is -0.116. The first-order valence-electron chi connectivity index (χ1n) is 9.13. The molecular formula is C23H19FN2O3. The van der Waals surface area contributed by atoms with E-state index in [9.17, 15) is 14.0 Å². The van der Waals surface area contributed by atoms with E-state index in [0.717, 1.165) is 0 Å². The van der Waals surface area contributed by atoms with Crippen LogP contribution in [-0.2, 0) is 11.3 Å². The van der Waals surface area contributed by atoms with Gasteiger partial charge in [0.2, 0.25) is 5.91 Å². The predicted molar refractivity (Wildman–Crippen MR) is 112 cm³/mol. The summed E-state index contributed by atoms with van der Waals surface area (Å²) >= 11 is 0. The molecule has 0 unspecified atom stereocenters. The smallest absolute Gasteiger partial charge is 0.244 e. The Bertz CT molecular complexity index is 1310. The van der Waals surface area contributed by atoms with Gasteiger partial charge in [0, 0.05) is 16.5 Å². The Morgan fingerprint density at radius 3 is 2.55 bits per heavy atom. The van der Waals surface area contributed by atoms with Crippen molar-refractivity contribution in [3.63, 3.8) is 0 Å². The van der Waals surface area contributed by atoms with Gasteiger partial charge in [-0.05, 0) is 55.0 Å². The van der Waals surface area contributed by atoms with Crippen molar-refractivity contribution in [3.05, 3.63) is 82.3 Å². The van der Waals surface area contributed by atoms with Gasteiger partial charge >= 0.3 is 0 Å².